The van der Waals surface area contributed by atoms with Gasteiger partial charge in [0.2, 0.25) is 0 Å². The number of pyridine rings is 1. The third-order valence-corrected chi connectivity index (χ3v) is 3.59. The number of aliphatic hydroxyl groups is 1. The molecule has 0 spiro atoms. The summed E-state index contributed by atoms with van der Waals surface area (Å²) in [6.45, 7) is 6.00. The normalized spacial score (nSPS) is 24.9. The van der Waals surface area contributed by atoms with Crippen molar-refractivity contribution in [1.82, 2.24) is 4.98 Å². The fourth-order valence-corrected chi connectivity index (χ4v) is 2.04. The van der Waals surface area contributed by atoms with Crippen molar-refractivity contribution in [3.63, 3.8) is 0 Å². The summed E-state index contributed by atoms with van der Waals surface area (Å²) in [5.74, 6) is -0.622. The van der Waals surface area contributed by atoms with Gasteiger partial charge in [0.05, 0.1) is 6.61 Å². The third-order valence-electron chi connectivity index (χ3n) is 2.76. The molecular formula is C12H16BrNO3. The lowest BCUT2D eigenvalue weighted by atomic mass is 10.1. The van der Waals surface area contributed by atoms with Gasteiger partial charge < -0.3 is 14.6 Å². The van der Waals surface area contributed by atoms with Gasteiger partial charge in [0.25, 0.3) is 0 Å². The van der Waals surface area contributed by atoms with Gasteiger partial charge in [-0.3, -0.25) is 0 Å². The smallest absolute Gasteiger partial charge is 0.163 e. The Kier molecular flexibility index (Phi) is 3.54. The molecule has 0 aromatic carbocycles. The minimum Gasteiger partial charge on any atom is -0.386 e. The standard InChI is InChI=1S/C12H16BrNO3/c1-7-4-8(5-14-11(7)13)10(15)9-6-16-12(2,3)17-9/h4-5,9-10,15H,6H2,1-3H3/t9-,10-/m0/s1. The van der Waals surface area contributed by atoms with E-state index in [1.807, 2.05) is 26.8 Å². The Labute approximate surface area is 109 Å². The van der Waals surface area contributed by atoms with Crippen molar-refractivity contribution >= 4 is 15.9 Å². The zero-order chi connectivity index (χ0) is 12.6. The Balaban J connectivity index is 2.15. The van der Waals surface area contributed by atoms with Gasteiger partial charge in [0.15, 0.2) is 5.79 Å². The molecule has 5 heteroatoms. The molecule has 1 aromatic rings. The van der Waals surface area contributed by atoms with Crippen molar-refractivity contribution in [3.05, 3.63) is 28.0 Å². The maximum atomic E-state index is 10.2. The molecule has 1 aliphatic heterocycles. The topological polar surface area (TPSA) is 51.6 Å². The van der Waals surface area contributed by atoms with Gasteiger partial charge in [-0.05, 0) is 48.3 Å². The number of rotatable bonds is 2. The number of aryl methyl sites for hydroxylation is 1. The highest BCUT2D eigenvalue weighted by atomic mass is 79.9. The first-order valence-electron chi connectivity index (χ1n) is 5.51. The van der Waals surface area contributed by atoms with Crippen LogP contribution >= 0.6 is 15.9 Å². The second-order valence-corrected chi connectivity index (χ2v) is 5.44. The molecule has 0 amide bonds. The zero-order valence-electron chi connectivity index (χ0n) is 10.1. The second kappa shape index (κ2) is 4.65. The molecular weight excluding hydrogens is 286 g/mol. The minimum atomic E-state index is -0.712. The summed E-state index contributed by atoms with van der Waals surface area (Å²) in [7, 11) is 0. The fraction of sp³-hybridized carbons (Fsp3) is 0.583. The van der Waals surface area contributed by atoms with Gasteiger partial charge in [0, 0.05) is 11.8 Å². The largest absolute Gasteiger partial charge is 0.386 e. The molecule has 0 saturated carbocycles. The van der Waals surface area contributed by atoms with E-state index in [9.17, 15) is 5.11 Å². The monoisotopic (exact) mass is 301 g/mol. The number of halogens is 1. The van der Waals surface area contributed by atoms with E-state index in [4.69, 9.17) is 9.47 Å². The third kappa shape index (κ3) is 2.85. The molecule has 2 heterocycles. The van der Waals surface area contributed by atoms with E-state index >= 15 is 0 Å². The molecule has 1 aromatic heterocycles. The van der Waals surface area contributed by atoms with Crippen molar-refractivity contribution in [1.29, 1.82) is 0 Å². The maximum absolute atomic E-state index is 10.2. The number of aromatic nitrogens is 1. The molecule has 1 saturated heterocycles. The van der Waals surface area contributed by atoms with Crippen LogP contribution in [0.1, 0.15) is 31.1 Å². The van der Waals surface area contributed by atoms with Crippen LogP contribution < -0.4 is 0 Å². The Hall–Kier alpha value is -0.490. The average molecular weight is 302 g/mol. The maximum Gasteiger partial charge on any atom is 0.163 e. The van der Waals surface area contributed by atoms with Crippen molar-refractivity contribution in [2.24, 2.45) is 0 Å². The van der Waals surface area contributed by atoms with Crippen LogP contribution in [0, 0.1) is 6.92 Å². The quantitative estimate of drug-likeness (QED) is 0.852. The lowest BCUT2D eigenvalue weighted by molar-refractivity contribution is -0.151. The van der Waals surface area contributed by atoms with Crippen molar-refractivity contribution < 1.29 is 14.6 Å². The number of hydrogen-bond acceptors (Lipinski definition) is 4. The van der Waals surface area contributed by atoms with Crippen LogP contribution in [0.15, 0.2) is 16.9 Å². The summed E-state index contributed by atoms with van der Waals surface area (Å²) >= 11 is 3.33. The van der Waals surface area contributed by atoms with Crippen LogP contribution in [0.2, 0.25) is 0 Å². The van der Waals surface area contributed by atoms with E-state index in [0.29, 0.717) is 6.61 Å². The first-order chi connectivity index (χ1) is 7.89. The first kappa shape index (κ1) is 13.0. The van der Waals surface area contributed by atoms with Crippen LogP contribution in [-0.2, 0) is 9.47 Å². The average Bonchev–Trinajstić information content (AvgIpc) is 2.62. The number of ether oxygens (including phenoxy) is 2. The lowest BCUT2D eigenvalue weighted by Gasteiger charge is -2.20. The van der Waals surface area contributed by atoms with E-state index in [2.05, 4.69) is 20.9 Å². The molecule has 1 aliphatic rings. The highest BCUT2D eigenvalue weighted by Crippen LogP contribution is 2.31. The van der Waals surface area contributed by atoms with Crippen LogP contribution in [0.3, 0.4) is 0 Å². The summed E-state index contributed by atoms with van der Waals surface area (Å²) in [6.07, 6.45) is 0.597. The first-order valence-corrected chi connectivity index (χ1v) is 6.30. The van der Waals surface area contributed by atoms with E-state index in [1.165, 1.54) is 0 Å². The van der Waals surface area contributed by atoms with Gasteiger partial charge in [-0.1, -0.05) is 0 Å². The molecule has 2 atom stereocenters. The Morgan fingerprint density at radius 2 is 2.29 bits per heavy atom. The van der Waals surface area contributed by atoms with Gasteiger partial charge in [-0.25, -0.2) is 4.98 Å². The summed E-state index contributed by atoms with van der Waals surface area (Å²) in [5, 5.41) is 10.2. The van der Waals surface area contributed by atoms with Gasteiger partial charge in [0.1, 0.15) is 16.8 Å². The van der Waals surface area contributed by atoms with Crippen LogP contribution in [0.4, 0.5) is 0 Å². The van der Waals surface area contributed by atoms with Crippen molar-refractivity contribution in [2.45, 2.75) is 38.8 Å². The second-order valence-electron chi connectivity index (χ2n) is 4.69. The fourth-order valence-electron chi connectivity index (χ4n) is 1.83. The Morgan fingerprint density at radius 3 is 2.82 bits per heavy atom. The number of nitrogens with zero attached hydrogens (tertiary/aromatic N) is 1. The number of aliphatic hydroxyl groups excluding tert-OH is 1. The summed E-state index contributed by atoms with van der Waals surface area (Å²) in [5.41, 5.74) is 1.73. The van der Waals surface area contributed by atoms with Crippen LogP contribution in [0.25, 0.3) is 0 Å². The molecule has 0 aliphatic carbocycles. The molecule has 1 fully saturated rings. The van der Waals surface area contributed by atoms with E-state index < -0.39 is 11.9 Å². The summed E-state index contributed by atoms with van der Waals surface area (Å²) in [6, 6.07) is 1.90. The molecule has 4 nitrogen and oxygen atoms in total. The molecule has 17 heavy (non-hydrogen) atoms. The van der Waals surface area contributed by atoms with Gasteiger partial charge >= 0.3 is 0 Å². The highest BCUT2D eigenvalue weighted by Gasteiger charge is 2.37. The van der Waals surface area contributed by atoms with Gasteiger partial charge in [-0.2, -0.15) is 0 Å². The van der Waals surface area contributed by atoms with Crippen molar-refractivity contribution in [2.75, 3.05) is 6.61 Å². The summed E-state index contributed by atoms with van der Waals surface area (Å²) in [4.78, 5) is 4.17. The SMILES string of the molecule is Cc1cc([C@H](O)[C@@H]2COC(C)(C)O2)cnc1Br. The highest BCUT2D eigenvalue weighted by molar-refractivity contribution is 9.10. The predicted molar refractivity (Wildman–Crippen MR) is 66.5 cm³/mol. The lowest BCUT2D eigenvalue weighted by Crippen LogP contribution is -2.25. The van der Waals surface area contributed by atoms with E-state index in [0.717, 1.165) is 15.7 Å². The van der Waals surface area contributed by atoms with E-state index in [-0.39, 0.29) is 6.10 Å². The molecule has 0 bridgehead atoms. The van der Waals surface area contributed by atoms with E-state index in [1.54, 1.807) is 6.20 Å². The molecule has 0 unspecified atom stereocenters. The molecule has 2 rings (SSSR count). The zero-order valence-corrected chi connectivity index (χ0v) is 11.7. The van der Waals surface area contributed by atoms with Gasteiger partial charge in [-0.15, -0.1) is 0 Å². The number of hydrogen-bond donors (Lipinski definition) is 1. The minimum absolute atomic E-state index is 0.340. The van der Waals surface area contributed by atoms with Crippen molar-refractivity contribution in [3.8, 4) is 0 Å². The van der Waals surface area contributed by atoms with Crippen LogP contribution in [0.5, 0.6) is 0 Å². The Bertz CT molecular complexity index is 422. The van der Waals surface area contributed by atoms with Crippen LogP contribution in [-0.4, -0.2) is 28.6 Å². The molecule has 1 N–H and O–H groups in total. The Morgan fingerprint density at radius 1 is 1.59 bits per heavy atom. The predicted octanol–water partition coefficient (Wildman–Crippen LogP) is 2.34. The molecule has 0 radical (unpaired) electrons. The summed E-state index contributed by atoms with van der Waals surface area (Å²) < 4.78 is 11.9. The molecule has 94 valence electrons.